The Morgan fingerprint density at radius 2 is 1.70 bits per heavy atom. The van der Waals surface area contributed by atoms with Crippen molar-refractivity contribution in [1.82, 2.24) is 0 Å². The summed E-state index contributed by atoms with van der Waals surface area (Å²) >= 11 is 0. The number of hydrogen-bond donors (Lipinski definition) is 0. The summed E-state index contributed by atoms with van der Waals surface area (Å²) in [5, 5.41) is 0. The number of esters is 1. The van der Waals surface area contributed by atoms with E-state index in [0.717, 1.165) is 44.6 Å². The first kappa shape index (κ1) is 17.6. The highest BCUT2D eigenvalue weighted by Crippen LogP contribution is 2.41. The fourth-order valence-corrected chi connectivity index (χ4v) is 2.96. The molecule has 0 N–H and O–H groups in total. The minimum atomic E-state index is -4.40. The molecule has 0 aliphatic heterocycles. The Hall–Kier alpha value is -1.72. The summed E-state index contributed by atoms with van der Waals surface area (Å²) in [6, 6.07) is 6.37. The quantitative estimate of drug-likeness (QED) is 0.748. The second-order valence-electron chi connectivity index (χ2n) is 5.97. The lowest BCUT2D eigenvalue weighted by Crippen LogP contribution is -2.34. The molecule has 0 amide bonds. The molecule has 23 heavy (non-hydrogen) atoms. The monoisotopic (exact) mass is 330 g/mol. The molecule has 2 rings (SSSR count). The summed E-state index contributed by atoms with van der Waals surface area (Å²) in [5.74, 6) is -0.203. The van der Waals surface area contributed by atoms with Gasteiger partial charge in [-0.25, -0.2) is 0 Å². The maximum Gasteiger partial charge on any atom is 0.425 e. The second kappa shape index (κ2) is 6.81. The number of ether oxygens (including phenoxy) is 2. The van der Waals surface area contributed by atoms with Crippen molar-refractivity contribution in [2.24, 2.45) is 0 Å². The molecule has 1 saturated carbocycles. The van der Waals surface area contributed by atoms with E-state index in [2.05, 4.69) is 0 Å². The molecule has 6 heteroatoms. The van der Waals surface area contributed by atoms with Gasteiger partial charge < -0.3 is 9.47 Å². The molecule has 1 aliphatic carbocycles. The van der Waals surface area contributed by atoms with Gasteiger partial charge in [-0.1, -0.05) is 18.6 Å². The van der Waals surface area contributed by atoms with Crippen LogP contribution in [0.5, 0.6) is 5.75 Å². The molecule has 1 aromatic carbocycles. The average Bonchev–Trinajstić information content (AvgIpc) is 2.47. The molecule has 1 aliphatic rings. The minimum absolute atomic E-state index is 0.146. The van der Waals surface area contributed by atoms with Gasteiger partial charge in [0.2, 0.25) is 0 Å². The van der Waals surface area contributed by atoms with Crippen LogP contribution in [0.15, 0.2) is 24.3 Å². The van der Waals surface area contributed by atoms with Gasteiger partial charge in [-0.3, -0.25) is 4.79 Å². The molecule has 3 nitrogen and oxygen atoms in total. The number of alkyl halides is 3. The van der Waals surface area contributed by atoms with E-state index in [1.807, 2.05) is 0 Å². The van der Waals surface area contributed by atoms with Gasteiger partial charge in [-0.05, 0) is 50.3 Å². The molecular formula is C17H21F3O3. The molecule has 1 atom stereocenters. The third-order valence-corrected chi connectivity index (χ3v) is 4.15. The van der Waals surface area contributed by atoms with Crippen LogP contribution in [-0.2, 0) is 15.1 Å². The SMILES string of the molecule is CC(=O)OC1(c2ccc(OC(C)C(F)(F)F)cc2)CCCCC1. The Morgan fingerprint density at radius 1 is 1.13 bits per heavy atom. The van der Waals surface area contributed by atoms with Crippen molar-refractivity contribution in [1.29, 1.82) is 0 Å². The molecule has 0 spiro atoms. The van der Waals surface area contributed by atoms with Crippen LogP contribution in [0.2, 0.25) is 0 Å². The molecule has 1 aromatic rings. The first-order chi connectivity index (χ1) is 10.7. The van der Waals surface area contributed by atoms with Crippen LogP contribution >= 0.6 is 0 Å². The maximum atomic E-state index is 12.5. The van der Waals surface area contributed by atoms with Crippen molar-refractivity contribution in [2.45, 2.75) is 63.8 Å². The van der Waals surface area contributed by atoms with Crippen LogP contribution in [0.4, 0.5) is 13.2 Å². The number of halogens is 3. The third kappa shape index (κ3) is 4.39. The molecule has 0 radical (unpaired) electrons. The number of carbonyl (C=O) groups is 1. The number of hydrogen-bond acceptors (Lipinski definition) is 3. The van der Waals surface area contributed by atoms with Gasteiger partial charge in [0.15, 0.2) is 6.10 Å². The van der Waals surface area contributed by atoms with Crippen LogP contribution in [0, 0.1) is 0 Å². The highest BCUT2D eigenvalue weighted by atomic mass is 19.4. The zero-order valence-corrected chi connectivity index (χ0v) is 13.3. The predicted octanol–water partition coefficient (Wildman–Crippen LogP) is 4.74. The van der Waals surface area contributed by atoms with Gasteiger partial charge in [0.05, 0.1) is 0 Å². The van der Waals surface area contributed by atoms with Gasteiger partial charge >= 0.3 is 12.1 Å². The van der Waals surface area contributed by atoms with E-state index in [-0.39, 0.29) is 11.7 Å². The lowest BCUT2D eigenvalue weighted by molar-refractivity contribution is -0.189. The zero-order chi connectivity index (χ0) is 17.1. The summed E-state index contributed by atoms with van der Waals surface area (Å²) < 4.78 is 48.1. The van der Waals surface area contributed by atoms with Crippen molar-refractivity contribution < 1.29 is 27.4 Å². The van der Waals surface area contributed by atoms with Crippen molar-refractivity contribution >= 4 is 5.97 Å². The highest BCUT2D eigenvalue weighted by molar-refractivity contribution is 5.67. The summed E-state index contributed by atoms with van der Waals surface area (Å²) in [7, 11) is 0. The van der Waals surface area contributed by atoms with Gasteiger partial charge in [0, 0.05) is 6.92 Å². The average molecular weight is 330 g/mol. The largest absolute Gasteiger partial charge is 0.481 e. The minimum Gasteiger partial charge on any atom is -0.481 e. The van der Waals surface area contributed by atoms with Gasteiger partial charge in [0.25, 0.3) is 0 Å². The highest BCUT2D eigenvalue weighted by Gasteiger charge is 2.39. The van der Waals surface area contributed by atoms with Gasteiger partial charge in [-0.15, -0.1) is 0 Å². The van der Waals surface area contributed by atoms with Crippen LogP contribution in [0.1, 0.15) is 51.5 Å². The van der Waals surface area contributed by atoms with Gasteiger partial charge in [0.1, 0.15) is 11.4 Å². The standard InChI is InChI=1S/C17H21F3O3/c1-12(17(18,19)20)22-15-8-6-14(7-9-15)16(23-13(2)21)10-4-3-5-11-16/h6-9,12H,3-5,10-11H2,1-2H3. The van der Waals surface area contributed by atoms with E-state index in [1.54, 1.807) is 12.1 Å². The summed E-state index contributed by atoms with van der Waals surface area (Å²) in [5.41, 5.74) is 0.137. The van der Waals surface area contributed by atoms with Crippen molar-refractivity contribution in [3.8, 4) is 5.75 Å². The Bertz CT molecular complexity index is 531. The lowest BCUT2D eigenvalue weighted by atomic mass is 9.79. The number of benzene rings is 1. The fourth-order valence-electron chi connectivity index (χ4n) is 2.96. The van der Waals surface area contributed by atoms with Crippen LogP contribution in [0.3, 0.4) is 0 Å². The van der Waals surface area contributed by atoms with E-state index in [4.69, 9.17) is 9.47 Å². The van der Waals surface area contributed by atoms with E-state index in [9.17, 15) is 18.0 Å². The normalized spacial score (nSPS) is 19.0. The van der Waals surface area contributed by atoms with Crippen LogP contribution in [0.25, 0.3) is 0 Å². The van der Waals surface area contributed by atoms with Crippen molar-refractivity contribution in [3.05, 3.63) is 29.8 Å². The van der Waals surface area contributed by atoms with E-state index < -0.39 is 17.9 Å². The van der Waals surface area contributed by atoms with Crippen molar-refractivity contribution in [3.63, 3.8) is 0 Å². The Morgan fingerprint density at radius 3 is 2.17 bits per heavy atom. The molecule has 1 fully saturated rings. The molecular weight excluding hydrogens is 309 g/mol. The second-order valence-corrected chi connectivity index (χ2v) is 5.97. The Balaban J connectivity index is 2.17. The van der Waals surface area contributed by atoms with Crippen LogP contribution < -0.4 is 4.74 Å². The number of carbonyl (C=O) groups excluding carboxylic acids is 1. The molecule has 0 heterocycles. The first-order valence-corrected chi connectivity index (χ1v) is 7.76. The first-order valence-electron chi connectivity index (χ1n) is 7.76. The van der Waals surface area contributed by atoms with E-state index >= 15 is 0 Å². The maximum absolute atomic E-state index is 12.5. The number of rotatable bonds is 4. The molecule has 1 unspecified atom stereocenters. The Kier molecular flexibility index (Phi) is 5.22. The molecule has 0 aromatic heterocycles. The third-order valence-electron chi connectivity index (χ3n) is 4.15. The van der Waals surface area contributed by atoms with Crippen molar-refractivity contribution in [2.75, 3.05) is 0 Å². The summed E-state index contributed by atoms with van der Waals surface area (Å²) in [6.07, 6.45) is -1.82. The molecule has 0 saturated heterocycles. The fraction of sp³-hybridized carbons (Fsp3) is 0.588. The smallest absolute Gasteiger partial charge is 0.425 e. The summed E-state index contributed by atoms with van der Waals surface area (Å²) in [6.45, 7) is 2.34. The topological polar surface area (TPSA) is 35.5 Å². The van der Waals surface area contributed by atoms with Crippen LogP contribution in [-0.4, -0.2) is 18.2 Å². The van der Waals surface area contributed by atoms with E-state index in [1.165, 1.54) is 19.1 Å². The van der Waals surface area contributed by atoms with E-state index in [0.29, 0.717) is 0 Å². The predicted molar refractivity (Wildman–Crippen MR) is 79.1 cm³/mol. The van der Waals surface area contributed by atoms with Gasteiger partial charge in [-0.2, -0.15) is 13.2 Å². The Labute approximate surface area is 133 Å². The lowest BCUT2D eigenvalue weighted by Gasteiger charge is -2.37. The summed E-state index contributed by atoms with van der Waals surface area (Å²) in [4.78, 5) is 11.4. The molecule has 128 valence electrons. The molecule has 0 bridgehead atoms. The zero-order valence-electron chi connectivity index (χ0n) is 13.3.